The second-order valence-electron chi connectivity index (χ2n) is 8.83. The van der Waals surface area contributed by atoms with Gasteiger partial charge in [0, 0.05) is 36.5 Å². The van der Waals surface area contributed by atoms with Gasteiger partial charge in [0.15, 0.2) is 0 Å². The summed E-state index contributed by atoms with van der Waals surface area (Å²) in [5.41, 5.74) is 5.38. The van der Waals surface area contributed by atoms with Gasteiger partial charge in [0.05, 0.1) is 12.7 Å². The summed E-state index contributed by atoms with van der Waals surface area (Å²) < 4.78 is 19.3. The van der Waals surface area contributed by atoms with Crippen molar-refractivity contribution in [3.63, 3.8) is 0 Å². The third-order valence-corrected chi connectivity index (χ3v) is 6.53. The number of halogens is 1. The van der Waals surface area contributed by atoms with Gasteiger partial charge < -0.3 is 14.6 Å². The Bertz CT molecular complexity index is 1160. The summed E-state index contributed by atoms with van der Waals surface area (Å²) in [5, 5.41) is 3.89. The highest BCUT2D eigenvalue weighted by atomic mass is 19.1. The molecule has 0 bridgehead atoms. The number of carbonyl (C=O) groups excluding carboxylic acids is 2. The van der Waals surface area contributed by atoms with Crippen LogP contribution in [0, 0.1) is 32.5 Å². The molecule has 0 unspecified atom stereocenters. The largest absolute Gasteiger partial charge is 0.464 e. The molecule has 1 aromatic heterocycles. The first kappa shape index (κ1) is 22.1. The van der Waals surface area contributed by atoms with Crippen LogP contribution in [0.4, 0.5) is 4.39 Å². The van der Waals surface area contributed by atoms with E-state index in [4.69, 9.17) is 4.42 Å². The van der Waals surface area contributed by atoms with Crippen molar-refractivity contribution in [3.8, 4) is 0 Å². The maximum atomic E-state index is 13.7. The minimum absolute atomic E-state index is 0.0373. The van der Waals surface area contributed by atoms with Crippen molar-refractivity contribution in [3.05, 3.63) is 70.2 Å². The lowest BCUT2D eigenvalue weighted by Gasteiger charge is -2.31. The van der Waals surface area contributed by atoms with Crippen LogP contribution in [0.5, 0.6) is 0 Å². The third kappa shape index (κ3) is 4.69. The quantitative estimate of drug-likeness (QED) is 0.636. The highest BCUT2D eigenvalue weighted by molar-refractivity contribution is 5.88. The summed E-state index contributed by atoms with van der Waals surface area (Å²) in [6, 6.07) is 9.08. The summed E-state index contributed by atoms with van der Waals surface area (Å²) in [5.74, 6) is -0.376. The molecule has 0 atom stereocenters. The van der Waals surface area contributed by atoms with Gasteiger partial charge in [-0.15, -0.1) is 0 Å². The number of likely N-dealkylation sites (tertiary alicyclic amines) is 1. The van der Waals surface area contributed by atoms with Gasteiger partial charge >= 0.3 is 0 Å². The van der Waals surface area contributed by atoms with E-state index in [1.165, 1.54) is 11.6 Å². The zero-order valence-corrected chi connectivity index (χ0v) is 18.8. The standard InChI is InChI=1S/C26H29FN2O3/c1-16-4-5-19(12-23(16)27)14-28-26(31)20-6-8-29(9-7-20)25(30)13-21-15-32-24-11-18(3)17(2)10-22(21)24/h4-5,10-12,15,20H,6-9,13-14H2,1-3H3,(H,28,31). The summed E-state index contributed by atoms with van der Waals surface area (Å²) >= 11 is 0. The Morgan fingerprint density at radius 3 is 2.50 bits per heavy atom. The molecule has 4 rings (SSSR count). The van der Waals surface area contributed by atoms with Crippen molar-refractivity contribution < 1.29 is 18.4 Å². The second-order valence-corrected chi connectivity index (χ2v) is 8.83. The van der Waals surface area contributed by atoms with Gasteiger partial charge in [-0.05, 0) is 74.1 Å². The minimum Gasteiger partial charge on any atom is -0.464 e. The van der Waals surface area contributed by atoms with E-state index in [9.17, 15) is 14.0 Å². The number of fused-ring (bicyclic) bond motifs is 1. The van der Waals surface area contributed by atoms with Crippen LogP contribution in [0.3, 0.4) is 0 Å². The average molecular weight is 437 g/mol. The van der Waals surface area contributed by atoms with Crippen LogP contribution >= 0.6 is 0 Å². The SMILES string of the molecule is Cc1cc2occ(CC(=O)N3CCC(C(=O)NCc4ccc(C)c(F)c4)CC3)c2cc1C. The van der Waals surface area contributed by atoms with Gasteiger partial charge in [-0.1, -0.05) is 12.1 Å². The molecule has 0 saturated carbocycles. The highest BCUT2D eigenvalue weighted by Gasteiger charge is 2.27. The minimum atomic E-state index is -0.265. The molecule has 1 N–H and O–H groups in total. The number of benzene rings is 2. The lowest BCUT2D eigenvalue weighted by molar-refractivity contribution is -0.135. The molecule has 168 valence electrons. The van der Waals surface area contributed by atoms with Crippen LogP contribution in [0.25, 0.3) is 11.0 Å². The molecule has 5 nitrogen and oxygen atoms in total. The average Bonchev–Trinajstić information content (AvgIpc) is 3.16. The summed E-state index contributed by atoms with van der Waals surface area (Å²) in [7, 11) is 0. The first-order chi connectivity index (χ1) is 15.3. The van der Waals surface area contributed by atoms with Gasteiger partial charge in [-0.25, -0.2) is 4.39 Å². The molecule has 2 amide bonds. The first-order valence-corrected chi connectivity index (χ1v) is 11.1. The van der Waals surface area contributed by atoms with E-state index in [0.717, 1.165) is 27.7 Å². The Hall–Kier alpha value is -3.15. The van der Waals surface area contributed by atoms with Crippen molar-refractivity contribution in [2.75, 3.05) is 13.1 Å². The molecule has 3 aromatic rings. The van der Waals surface area contributed by atoms with Gasteiger partial charge in [0.2, 0.25) is 11.8 Å². The number of aryl methyl sites for hydroxylation is 3. The predicted molar refractivity (Wildman–Crippen MR) is 122 cm³/mol. The van der Waals surface area contributed by atoms with Crippen LogP contribution in [0.2, 0.25) is 0 Å². The summed E-state index contributed by atoms with van der Waals surface area (Å²) in [6.45, 7) is 7.24. The second kappa shape index (κ2) is 9.15. The normalized spacial score (nSPS) is 14.7. The van der Waals surface area contributed by atoms with Crippen molar-refractivity contribution in [2.24, 2.45) is 5.92 Å². The highest BCUT2D eigenvalue weighted by Crippen LogP contribution is 2.26. The van der Waals surface area contributed by atoms with Gasteiger partial charge in [-0.3, -0.25) is 9.59 Å². The first-order valence-electron chi connectivity index (χ1n) is 11.1. The molecule has 0 aliphatic carbocycles. The van der Waals surface area contributed by atoms with Crippen molar-refractivity contribution in [1.82, 2.24) is 10.2 Å². The molecule has 32 heavy (non-hydrogen) atoms. The monoisotopic (exact) mass is 436 g/mol. The smallest absolute Gasteiger partial charge is 0.227 e. The van der Waals surface area contributed by atoms with Crippen LogP contribution < -0.4 is 5.32 Å². The maximum absolute atomic E-state index is 13.7. The molecule has 0 spiro atoms. The Balaban J connectivity index is 1.29. The van der Waals surface area contributed by atoms with E-state index in [1.54, 1.807) is 19.3 Å². The number of nitrogens with zero attached hydrogens (tertiary/aromatic N) is 1. The summed E-state index contributed by atoms with van der Waals surface area (Å²) in [6.07, 6.45) is 3.23. The molecule has 1 fully saturated rings. The molecule has 6 heteroatoms. The fourth-order valence-electron chi connectivity index (χ4n) is 4.22. The number of carbonyl (C=O) groups is 2. The number of piperidine rings is 1. The zero-order chi connectivity index (χ0) is 22.8. The molecular formula is C26H29FN2O3. The van der Waals surface area contributed by atoms with Crippen molar-refractivity contribution in [2.45, 2.75) is 46.6 Å². The molecule has 1 aliphatic rings. The van der Waals surface area contributed by atoms with E-state index in [1.807, 2.05) is 24.0 Å². The number of furan rings is 1. The topological polar surface area (TPSA) is 62.6 Å². The number of hydrogen-bond acceptors (Lipinski definition) is 3. The lowest BCUT2D eigenvalue weighted by Crippen LogP contribution is -2.43. The van der Waals surface area contributed by atoms with E-state index >= 15 is 0 Å². The van der Waals surface area contributed by atoms with E-state index in [2.05, 4.69) is 18.3 Å². The van der Waals surface area contributed by atoms with Crippen molar-refractivity contribution >= 4 is 22.8 Å². The Morgan fingerprint density at radius 1 is 1.06 bits per heavy atom. The Labute approximate surface area is 187 Å². The van der Waals surface area contributed by atoms with Crippen molar-refractivity contribution in [1.29, 1.82) is 0 Å². The van der Waals surface area contributed by atoms with Crippen LogP contribution in [-0.4, -0.2) is 29.8 Å². The molecule has 2 aromatic carbocycles. The fourth-order valence-corrected chi connectivity index (χ4v) is 4.22. The Morgan fingerprint density at radius 2 is 1.78 bits per heavy atom. The number of nitrogens with one attached hydrogen (secondary N) is 1. The molecular weight excluding hydrogens is 407 g/mol. The van der Waals surface area contributed by atoms with Crippen LogP contribution in [-0.2, 0) is 22.6 Å². The van der Waals surface area contributed by atoms with Gasteiger partial charge in [0.1, 0.15) is 11.4 Å². The van der Waals surface area contributed by atoms with E-state index in [0.29, 0.717) is 44.5 Å². The third-order valence-electron chi connectivity index (χ3n) is 6.53. The van der Waals surface area contributed by atoms with Gasteiger partial charge in [-0.2, -0.15) is 0 Å². The van der Waals surface area contributed by atoms with E-state index < -0.39 is 0 Å². The number of hydrogen-bond donors (Lipinski definition) is 1. The number of amides is 2. The predicted octanol–water partition coefficient (Wildman–Crippen LogP) is 4.59. The van der Waals surface area contributed by atoms with Crippen LogP contribution in [0.1, 0.15) is 40.7 Å². The van der Waals surface area contributed by atoms with Crippen LogP contribution in [0.15, 0.2) is 41.0 Å². The molecule has 1 aliphatic heterocycles. The summed E-state index contributed by atoms with van der Waals surface area (Å²) in [4.78, 5) is 27.2. The maximum Gasteiger partial charge on any atom is 0.227 e. The van der Waals surface area contributed by atoms with E-state index in [-0.39, 0.29) is 23.5 Å². The molecule has 2 heterocycles. The van der Waals surface area contributed by atoms with Gasteiger partial charge in [0.25, 0.3) is 0 Å². The lowest BCUT2D eigenvalue weighted by atomic mass is 9.95. The molecule has 0 radical (unpaired) electrons. The zero-order valence-electron chi connectivity index (χ0n) is 18.8. The fraction of sp³-hybridized carbons (Fsp3) is 0.385. The number of rotatable bonds is 5. The molecule has 1 saturated heterocycles. The Kier molecular flexibility index (Phi) is 6.31.